The molecule has 0 aromatic carbocycles. The van der Waals surface area contributed by atoms with Crippen LogP contribution in [0.4, 0.5) is 0 Å². The fourth-order valence-electron chi connectivity index (χ4n) is 1.33. The fraction of sp³-hybridized carbons (Fsp3) is 0.545. The normalized spacial score (nSPS) is 12.3. The van der Waals surface area contributed by atoms with Crippen molar-refractivity contribution >= 4 is 29.5 Å². The molecular formula is C11H17N3O2S2. The lowest BCUT2D eigenvalue weighted by Crippen LogP contribution is -2.36. The highest BCUT2D eigenvalue weighted by atomic mass is 32.2. The molecular weight excluding hydrogens is 270 g/mol. The van der Waals surface area contributed by atoms with E-state index in [0.717, 1.165) is 16.5 Å². The lowest BCUT2D eigenvalue weighted by molar-refractivity contribution is -0.139. The van der Waals surface area contributed by atoms with E-state index in [0.29, 0.717) is 13.0 Å². The van der Waals surface area contributed by atoms with Gasteiger partial charge in [-0.1, -0.05) is 11.8 Å². The predicted octanol–water partition coefficient (Wildman–Crippen LogP) is 1.49. The second-order valence-electron chi connectivity index (χ2n) is 3.63. The van der Waals surface area contributed by atoms with Crippen LogP contribution >= 0.6 is 23.5 Å². The summed E-state index contributed by atoms with van der Waals surface area (Å²) in [6.45, 7) is 0.472. The van der Waals surface area contributed by atoms with Gasteiger partial charge in [-0.2, -0.15) is 11.8 Å². The average molecular weight is 287 g/mol. The van der Waals surface area contributed by atoms with E-state index in [4.69, 9.17) is 5.11 Å². The molecule has 0 spiro atoms. The van der Waals surface area contributed by atoms with E-state index >= 15 is 0 Å². The first kappa shape index (κ1) is 15.3. The maximum atomic E-state index is 11.0. The molecule has 0 aliphatic rings. The quantitative estimate of drug-likeness (QED) is 0.554. The average Bonchev–Trinajstić information content (AvgIpc) is 2.39. The Balaban J connectivity index is 2.47. The topological polar surface area (TPSA) is 75.1 Å². The molecule has 1 atom stereocenters. The van der Waals surface area contributed by atoms with Gasteiger partial charge < -0.3 is 10.4 Å². The van der Waals surface area contributed by atoms with Crippen LogP contribution in [-0.4, -0.2) is 45.4 Å². The van der Waals surface area contributed by atoms with Crippen molar-refractivity contribution in [1.29, 1.82) is 0 Å². The molecule has 1 heterocycles. The number of nitrogens with one attached hydrogen (secondary N) is 1. The van der Waals surface area contributed by atoms with Crippen LogP contribution in [-0.2, 0) is 11.3 Å². The summed E-state index contributed by atoms with van der Waals surface area (Å²) in [5, 5.41) is 12.8. The van der Waals surface area contributed by atoms with Crippen molar-refractivity contribution in [2.24, 2.45) is 0 Å². The molecule has 0 saturated carbocycles. The lowest BCUT2D eigenvalue weighted by atomic mass is 10.2. The Morgan fingerprint density at radius 3 is 2.61 bits per heavy atom. The van der Waals surface area contributed by atoms with Crippen LogP contribution in [0.15, 0.2) is 17.6 Å². The van der Waals surface area contributed by atoms with Crippen molar-refractivity contribution in [3.05, 3.63) is 18.0 Å². The molecule has 100 valence electrons. The molecule has 0 saturated heterocycles. The molecule has 0 amide bonds. The van der Waals surface area contributed by atoms with Gasteiger partial charge in [-0.05, 0) is 24.7 Å². The number of carboxylic acid groups (broad SMARTS) is 1. The van der Waals surface area contributed by atoms with E-state index in [1.54, 1.807) is 24.2 Å². The van der Waals surface area contributed by atoms with Gasteiger partial charge in [0, 0.05) is 24.5 Å². The zero-order valence-corrected chi connectivity index (χ0v) is 12.1. The molecule has 18 heavy (non-hydrogen) atoms. The van der Waals surface area contributed by atoms with E-state index in [2.05, 4.69) is 15.3 Å². The number of nitrogens with zero attached hydrogens (tertiary/aromatic N) is 2. The number of aromatic nitrogens is 2. The van der Waals surface area contributed by atoms with Gasteiger partial charge in [-0.3, -0.25) is 4.79 Å². The van der Waals surface area contributed by atoms with Gasteiger partial charge in [0.05, 0.1) is 0 Å². The zero-order valence-electron chi connectivity index (χ0n) is 10.4. The van der Waals surface area contributed by atoms with Gasteiger partial charge in [0.25, 0.3) is 0 Å². The molecule has 2 N–H and O–H groups in total. The minimum Gasteiger partial charge on any atom is -0.480 e. The Labute approximate surface area is 115 Å². The van der Waals surface area contributed by atoms with Crippen molar-refractivity contribution in [1.82, 2.24) is 15.3 Å². The SMILES string of the molecule is CSCC[C@H](NCc1cnc(SC)nc1)C(=O)O. The highest BCUT2D eigenvalue weighted by molar-refractivity contribution is 7.98. The molecule has 0 radical (unpaired) electrons. The van der Waals surface area contributed by atoms with Gasteiger partial charge in [0.1, 0.15) is 6.04 Å². The minimum absolute atomic E-state index is 0.472. The number of carbonyl (C=O) groups is 1. The molecule has 0 aliphatic carbocycles. The van der Waals surface area contributed by atoms with Gasteiger partial charge in [0.15, 0.2) is 5.16 Å². The summed E-state index contributed by atoms with van der Waals surface area (Å²) in [6, 6.07) is -0.516. The van der Waals surface area contributed by atoms with Crippen LogP contribution in [0.2, 0.25) is 0 Å². The Morgan fingerprint density at radius 1 is 1.44 bits per heavy atom. The third-order valence-electron chi connectivity index (χ3n) is 2.33. The van der Waals surface area contributed by atoms with Crippen molar-refractivity contribution in [2.45, 2.75) is 24.2 Å². The third kappa shape index (κ3) is 5.24. The summed E-state index contributed by atoms with van der Waals surface area (Å²) >= 11 is 3.12. The second kappa shape index (κ2) is 8.34. The van der Waals surface area contributed by atoms with Crippen molar-refractivity contribution in [2.75, 3.05) is 18.3 Å². The van der Waals surface area contributed by atoms with E-state index in [-0.39, 0.29) is 0 Å². The lowest BCUT2D eigenvalue weighted by Gasteiger charge is -2.13. The van der Waals surface area contributed by atoms with Gasteiger partial charge >= 0.3 is 5.97 Å². The van der Waals surface area contributed by atoms with E-state index in [1.807, 2.05) is 12.5 Å². The van der Waals surface area contributed by atoms with Crippen LogP contribution in [0.1, 0.15) is 12.0 Å². The Kier molecular flexibility index (Phi) is 7.07. The molecule has 0 aliphatic heterocycles. The summed E-state index contributed by atoms with van der Waals surface area (Å²) in [5.74, 6) is 0.0111. The van der Waals surface area contributed by atoms with Gasteiger partial charge in [-0.15, -0.1) is 0 Å². The molecule has 0 unspecified atom stereocenters. The monoisotopic (exact) mass is 287 g/mol. The summed E-state index contributed by atoms with van der Waals surface area (Å²) < 4.78 is 0. The Hall–Kier alpha value is -0.790. The van der Waals surface area contributed by atoms with E-state index < -0.39 is 12.0 Å². The number of carboxylic acids is 1. The number of thioether (sulfide) groups is 2. The first-order chi connectivity index (χ1) is 8.67. The number of hydrogen-bond acceptors (Lipinski definition) is 6. The van der Waals surface area contributed by atoms with Crippen LogP contribution in [0.3, 0.4) is 0 Å². The van der Waals surface area contributed by atoms with Crippen LogP contribution in [0, 0.1) is 0 Å². The van der Waals surface area contributed by atoms with Crippen LogP contribution in [0.25, 0.3) is 0 Å². The number of rotatable bonds is 8. The summed E-state index contributed by atoms with van der Waals surface area (Å²) in [5.41, 5.74) is 0.892. The highest BCUT2D eigenvalue weighted by Gasteiger charge is 2.15. The van der Waals surface area contributed by atoms with Gasteiger partial charge in [0.2, 0.25) is 0 Å². The van der Waals surface area contributed by atoms with Crippen LogP contribution in [0.5, 0.6) is 0 Å². The molecule has 0 bridgehead atoms. The molecule has 1 rings (SSSR count). The van der Waals surface area contributed by atoms with Crippen molar-refractivity contribution in [3.8, 4) is 0 Å². The zero-order chi connectivity index (χ0) is 13.4. The van der Waals surface area contributed by atoms with Crippen molar-refractivity contribution < 1.29 is 9.90 Å². The maximum absolute atomic E-state index is 11.0. The Morgan fingerprint density at radius 2 is 2.11 bits per heavy atom. The largest absolute Gasteiger partial charge is 0.480 e. The smallest absolute Gasteiger partial charge is 0.320 e. The molecule has 5 nitrogen and oxygen atoms in total. The fourth-order valence-corrected chi connectivity index (χ4v) is 2.12. The summed E-state index contributed by atoms with van der Waals surface area (Å²) in [7, 11) is 0. The predicted molar refractivity (Wildman–Crippen MR) is 75.1 cm³/mol. The van der Waals surface area contributed by atoms with Crippen molar-refractivity contribution in [3.63, 3.8) is 0 Å². The Bertz CT molecular complexity index is 373. The first-order valence-electron chi connectivity index (χ1n) is 5.47. The molecule has 7 heteroatoms. The summed E-state index contributed by atoms with van der Waals surface area (Å²) in [4.78, 5) is 19.3. The number of aliphatic carboxylic acids is 1. The van der Waals surface area contributed by atoms with E-state index in [9.17, 15) is 4.79 Å². The highest BCUT2D eigenvalue weighted by Crippen LogP contribution is 2.07. The first-order valence-corrected chi connectivity index (χ1v) is 8.09. The minimum atomic E-state index is -0.814. The van der Waals surface area contributed by atoms with Crippen LogP contribution < -0.4 is 5.32 Å². The maximum Gasteiger partial charge on any atom is 0.320 e. The van der Waals surface area contributed by atoms with Gasteiger partial charge in [-0.25, -0.2) is 9.97 Å². The molecule has 1 aromatic heterocycles. The third-order valence-corrected chi connectivity index (χ3v) is 3.55. The second-order valence-corrected chi connectivity index (χ2v) is 5.39. The standard InChI is InChI=1S/C11H17N3O2S2/c1-17-4-3-9(10(15)16)12-5-8-6-13-11(18-2)14-7-8/h6-7,9,12H,3-5H2,1-2H3,(H,15,16)/t9-/m0/s1. The summed E-state index contributed by atoms with van der Waals surface area (Å²) in [6.07, 6.45) is 7.93. The number of hydrogen-bond donors (Lipinski definition) is 2. The molecule has 0 fully saturated rings. The molecule has 1 aromatic rings. The van der Waals surface area contributed by atoms with E-state index in [1.165, 1.54) is 11.8 Å².